The second-order valence-corrected chi connectivity index (χ2v) is 22.5. The van der Waals surface area contributed by atoms with Crippen molar-refractivity contribution in [3.05, 3.63) is 72.9 Å². The highest BCUT2D eigenvalue weighted by molar-refractivity contribution is 7.45. The maximum absolute atomic E-state index is 13.5. The maximum Gasteiger partial charge on any atom is 0.306 e. The molecule has 1 N–H and O–H groups in total. The SMILES string of the molecule is CC/C=C\C/C=C\C/C=C\C/C=C\C/C=C\CCCCCC(=O)OC(/C=C/CCCCCCCCCCC)C(COP(=O)([O-])OCC[N+](C)(C)C)NC(=O)CCCCCCCCCCCCCCCCCC. The van der Waals surface area contributed by atoms with Gasteiger partial charge in [-0.1, -0.05) is 242 Å². The molecule has 72 heavy (non-hydrogen) atoms. The summed E-state index contributed by atoms with van der Waals surface area (Å²) in [6.07, 6.45) is 65.8. The highest BCUT2D eigenvalue weighted by Crippen LogP contribution is 2.38. The molecule has 3 unspecified atom stereocenters. The van der Waals surface area contributed by atoms with Crippen molar-refractivity contribution in [1.29, 1.82) is 0 Å². The quantitative estimate of drug-likeness (QED) is 0.0212. The Bertz CT molecular complexity index is 1460. The van der Waals surface area contributed by atoms with E-state index in [1.54, 1.807) is 0 Å². The summed E-state index contributed by atoms with van der Waals surface area (Å²) in [4.78, 5) is 39.9. The van der Waals surface area contributed by atoms with Crippen molar-refractivity contribution in [2.45, 2.75) is 270 Å². The number of carbonyl (C=O) groups excluding carboxylic acids is 2. The van der Waals surface area contributed by atoms with Gasteiger partial charge in [0.1, 0.15) is 19.3 Å². The Labute approximate surface area is 444 Å². The van der Waals surface area contributed by atoms with Crippen molar-refractivity contribution in [3.8, 4) is 0 Å². The van der Waals surface area contributed by atoms with E-state index in [0.29, 0.717) is 23.9 Å². The van der Waals surface area contributed by atoms with Gasteiger partial charge in [0.2, 0.25) is 5.91 Å². The number of nitrogens with one attached hydrogen (secondary N) is 1. The fraction of sp³-hybridized carbons (Fsp3) is 0.774. The lowest BCUT2D eigenvalue weighted by molar-refractivity contribution is -0.870. The third-order valence-electron chi connectivity index (χ3n) is 12.9. The maximum atomic E-state index is 13.5. The van der Waals surface area contributed by atoms with Gasteiger partial charge in [-0.05, 0) is 76.7 Å². The number of hydrogen-bond donors (Lipinski definition) is 1. The molecule has 0 rings (SSSR count). The van der Waals surface area contributed by atoms with Gasteiger partial charge in [-0.2, -0.15) is 0 Å². The number of amides is 1. The molecule has 0 saturated heterocycles. The Balaban J connectivity index is 5.33. The first-order valence-corrected chi connectivity index (χ1v) is 31.2. The van der Waals surface area contributed by atoms with Crippen molar-refractivity contribution in [1.82, 2.24) is 5.32 Å². The number of rotatable bonds is 53. The third-order valence-corrected chi connectivity index (χ3v) is 13.9. The first-order valence-electron chi connectivity index (χ1n) is 29.7. The van der Waals surface area contributed by atoms with E-state index < -0.39 is 26.6 Å². The van der Waals surface area contributed by atoms with Crippen LogP contribution in [0.4, 0.5) is 0 Å². The van der Waals surface area contributed by atoms with Crippen molar-refractivity contribution in [2.24, 2.45) is 0 Å². The van der Waals surface area contributed by atoms with Gasteiger partial charge in [-0.3, -0.25) is 14.2 Å². The van der Waals surface area contributed by atoms with Crippen LogP contribution in [-0.4, -0.2) is 69.4 Å². The molecule has 0 aromatic heterocycles. The largest absolute Gasteiger partial charge is 0.756 e. The number of quaternary nitrogens is 1. The number of esters is 1. The van der Waals surface area contributed by atoms with Gasteiger partial charge in [-0.15, -0.1) is 0 Å². The van der Waals surface area contributed by atoms with Crippen LogP contribution in [-0.2, 0) is 27.9 Å². The Morgan fingerprint density at radius 2 is 0.889 bits per heavy atom. The van der Waals surface area contributed by atoms with Crippen molar-refractivity contribution in [3.63, 3.8) is 0 Å². The van der Waals surface area contributed by atoms with E-state index in [1.807, 2.05) is 33.3 Å². The average molecular weight is 1030 g/mol. The Kier molecular flexibility index (Phi) is 50.1. The minimum atomic E-state index is -4.70. The fourth-order valence-corrected chi connectivity index (χ4v) is 9.04. The second kappa shape index (κ2) is 51.9. The topological polar surface area (TPSA) is 114 Å². The van der Waals surface area contributed by atoms with Crippen LogP contribution in [0.1, 0.15) is 258 Å². The van der Waals surface area contributed by atoms with Gasteiger partial charge in [-0.25, -0.2) is 0 Å². The van der Waals surface area contributed by atoms with E-state index in [2.05, 4.69) is 86.8 Å². The number of carbonyl (C=O) groups is 2. The predicted molar refractivity (Wildman–Crippen MR) is 307 cm³/mol. The molecule has 0 spiro atoms. The van der Waals surface area contributed by atoms with Gasteiger partial charge in [0, 0.05) is 12.8 Å². The molecule has 0 aromatic carbocycles. The van der Waals surface area contributed by atoms with Crippen LogP contribution in [0.3, 0.4) is 0 Å². The molecule has 0 saturated carbocycles. The van der Waals surface area contributed by atoms with Crippen LogP contribution in [0.15, 0.2) is 72.9 Å². The zero-order chi connectivity index (χ0) is 52.9. The summed E-state index contributed by atoms with van der Waals surface area (Å²) >= 11 is 0. The molecule has 9 nitrogen and oxygen atoms in total. The normalized spacial score (nSPS) is 14.3. The number of unbranched alkanes of at least 4 members (excludes halogenated alkanes) is 27. The molecular weight excluding hydrogens is 916 g/mol. The first kappa shape index (κ1) is 69.5. The monoisotopic (exact) mass is 1030 g/mol. The minimum absolute atomic E-state index is 0.0291. The number of nitrogens with zero attached hydrogens (tertiary/aromatic N) is 1. The van der Waals surface area contributed by atoms with Crippen LogP contribution in [0.5, 0.6) is 0 Å². The molecule has 10 heteroatoms. The number of allylic oxidation sites excluding steroid dienone is 11. The predicted octanol–water partition coefficient (Wildman–Crippen LogP) is 17.4. The summed E-state index contributed by atoms with van der Waals surface area (Å²) in [6.45, 7) is 6.71. The van der Waals surface area contributed by atoms with Crippen molar-refractivity contribution < 1.29 is 37.3 Å². The molecule has 3 atom stereocenters. The molecule has 0 radical (unpaired) electrons. The highest BCUT2D eigenvalue weighted by Gasteiger charge is 2.27. The number of hydrogen-bond acceptors (Lipinski definition) is 7. The first-order chi connectivity index (χ1) is 34.9. The van der Waals surface area contributed by atoms with Gasteiger partial charge in [0.25, 0.3) is 7.82 Å². The van der Waals surface area contributed by atoms with Gasteiger partial charge >= 0.3 is 5.97 Å². The molecule has 1 amide bonds. The third kappa shape index (κ3) is 52.3. The Morgan fingerprint density at radius 3 is 1.35 bits per heavy atom. The number of phosphoric ester groups is 1. The fourth-order valence-electron chi connectivity index (χ4n) is 8.31. The number of phosphoric acid groups is 1. The molecular formula is C62H113N2O7P. The van der Waals surface area contributed by atoms with Crippen molar-refractivity contribution in [2.75, 3.05) is 40.9 Å². The standard InChI is InChI=1S/C62H113N2O7P/c1-7-10-13-16-19-22-25-27-29-31-32-33-35-37-40-43-46-49-52-55-62(66)71-60(53-50-47-44-41-38-24-21-18-15-12-9-3)59(58-70-72(67,68)69-57-56-64(4,5)6)63-61(65)54-51-48-45-42-39-36-34-30-28-26-23-20-17-14-11-8-2/h10,13,19,22,27,29,32-33,37,40,50,53,59-60H,7-9,11-12,14-18,20-21,23-26,28,30-31,34-36,38-39,41-49,51-52,54-58H2,1-6H3,(H-,63,65,67,68)/b13-10-,22-19-,29-27-,33-32-,40-37-,53-50+. The van der Waals surface area contributed by atoms with Gasteiger partial charge in [0.05, 0.1) is 33.8 Å². The van der Waals surface area contributed by atoms with E-state index in [1.165, 1.54) is 128 Å². The molecule has 0 aliphatic carbocycles. The van der Waals surface area contributed by atoms with Crippen LogP contribution in [0.25, 0.3) is 0 Å². The van der Waals surface area contributed by atoms with Crippen LogP contribution in [0.2, 0.25) is 0 Å². The molecule has 0 fully saturated rings. The van der Waals surface area contributed by atoms with E-state index in [9.17, 15) is 19.0 Å². The van der Waals surface area contributed by atoms with E-state index in [-0.39, 0.29) is 24.9 Å². The summed E-state index contributed by atoms with van der Waals surface area (Å²) in [5.74, 6) is -0.576. The molecule has 0 aliphatic heterocycles. The summed E-state index contributed by atoms with van der Waals surface area (Å²) in [6, 6.07) is -0.901. The summed E-state index contributed by atoms with van der Waals surface area (Å²) in [7, 11) is 1.16. The molecule has 0 heterocycles. The summed E-state index contributed by atoms with van der Waals surface area (Å²) in [5.41, 5.74) is 0. The van der Waals surface area contributed by atoms with Crippen LogP contribution in [0, 0.1) is 0 Å². The Morgan fingerprint density at radius 1 is 0.500 bits per heavy atom. The Hall–Kier alpha value is -2.55. The smallest absolute Gasteiger partial charge is 0.306 e. The van der Waals surface area contributed by atoms with Crippen LogP contribution >= 0.6 is 7.82 Å². The number of likely N-dealkylation sites (N-methyl/N-ethyl adjacent to an activating group) is 1. The molecule has 0 aromatic rings. The lowest BCUT2D eigenvalue weighted by Gasteiger charge is -2.30. The number of ether oxygens (including phenoxy) is 1. The van der Waals surface area contributed by atoms with Gasteiger partial charge < -0.3 is 28.5 Å². The zero-order valence-electron chi connectivity index (χ0n) is 47.6. The summed E-state index contributed by atoms with van der Waals surface area (Å²) in [5, 5.41) is 3.02. The van der Waals surface area contributed by atoms with E-state index >= 15 is 0 Å². The highest BCUT2D eigenvalue weighted by atomic mass is 31.2. The summed E-state index contributed by atoms with van der Waals surface area (Å²) < 4.78 is 30.2. The molecule has 0 bridgehead atoms. The molecule has 418 valence electrons. The minimum Gasteiger partial charge on any atom is -0.756 e. The van der Waals surface area contributed by atoms with Crippen LogP contribution < -0.4 is 10.2 Å². The van der Waals surface area contributed by atoms with Gasteiger partial charge in [0.15, 0.2) is 0 Å². The lowest BCUT2D eigenvalue weighted by atomic mass is 10.0. The molecule has 0 aliphatic rings. The lowest BCUT2D eigenvalue weighted by Crippen LogP contribution is -2.47. The van der Waals surface area contributed by atoms with Crippen molar-refractivity contribution >= 4 is 19.7 Å². The van der Waals surface area contributed by atoms with E-state index in [4.69, 9.17) is 13.8 Å². The second-order valence-electron chi connectivity index (χ2n) is 21.1. The van der Waals surface area contributed by atoms with E-state index in [0.717, 1.165) is 89.9 Å². The zero-order valence-corrected chi connectivity index (χ0v) is 48.5. The average Bonchev–Trinajstić information content (AvgIpc) is 3.34.